The summed E-state index contributed by atoms with van der Waals surface area (Å²) in [5.41, 5.74) is 4.94. The summed E-state index contributed by atoms with van der Waals surface area (Å²) in [7, 11) is 0. The summed E-state index contributed by atoms with van der Waals surface area (Å²) in [4.78, 5) is 13.0. The minimum atomic E-state index is -0.0852. The summed E-state index contributed by atoms with van der Waals surface area (Å²) in [6.07, 6.45) is 7.19. The van der Waals surface area contributed by atoms with E-state index in [0.29, 0.717) is 6.61 Å². The standard InChI is InChI=1S/C16H15N3O/c1-11-19-16(9-20-11)5-12-3-2-4-14(15(12)6-16)13-7-17-10-18-8-13/h2-4,7-8,10H,5-6,9H2,1H3/t16-/m0/s1. The Morgan fingerprint density at radius 1 is 1.15 bits per heavy atom. The highest BCUT2D eigenvalue weighted by Crippen LogP contribution is 2.40. The molecule has 1 aliphatic carbocycles. The Kier molecular flexibility index (Phi) is 2.39. The highest BCUT2D eigenvalue weighted by molar-refractivity contribution is 5.76. The molecule has 20 heavy (non-hydrogen) atoms. The minimum Gasteiger partial charge on any atom is -0.479 e. The number of ether oxygens (including phenoxy) is 1. The van der Waals surface area contributed by atoms with Crippen molar-refractivity contribution in [3.8, 4) is 11.1 Å². The molecule has 2 aliphatic rings. The fraction of sp³-hybridized carbons (Fsp3) is 0.312. The lowest BCUT2D eigenvalue weighted by atomic mass is 9.96. The third-order valence-corrected chi connectivity index (χ3v) is 4.11. The van der Waals surface area contributed by atoms with Crippen molar-refractivity contribution in [2.24, 2.45) is 4.99 Å². The van der Waals surface area contributed by atoms with Gasteiger partial charge in [0, 0.05) is 37.7 Å². The Morgan fingerprint density at radius 3 is 2.75 bits per heavy atom. The normalized spacial score (nSPS) is 23.6. The van der Waals surface area contributed by atoms with Crippen LogP contribution in [0.2, 0.25) is 0 Å². The van der Waals surface area contributed by atoms with Crippen LogP contribution in [0.3, 0.4) is 0 Å². The predicted octanol–water partition coefficient (Wildman–Crippen LogP) is 2.43. The van der Waals surface area contributed by atoms with Gasteiger partial charge in [0.1, 0.15) is 18.5 Å². The van der Waals surface area contributed by atoms with E-state index in [4.69, 9.17) is 9.73 Å². The smallest absolute Gasteiger partial charge is 0.180 e. The molecular formula is C16H15N3O. The predicted molar refractivity (Wildman–Crippen MR) is 76.7 cm³/mol. The Bertz CT molecular complexity index is 696. The van der Waals surface area contributed by atoms with Gasteiger partial charge in [0.2, 0.25) is 0 Å². The van der Waals surface area contributed by atoms with E-state index < -0.39 is 0 Å². The Labute approximate surface area is 117 Å². The molecule has 0 radical (unpaired) electrons. The number of benzene rings is 1. The lowest BCUT2D eigenvalue weighted by Gasteiger charge is -2.16. The topological polar surface area (TPSA) is 47.4 Å². The van der Waals surface area contributed by atoms with Gasteiger partial charge >= 0.3 is 0 Å². The maximum Gasteiger partial charge on any atom is 0.180 e. The van der Waals surface area contributed by atoms with E-state index in [1.165, 1.54) is 16.7 Å². The van der Waals surface area contributed by atoms with Crippen LogP contribution >= 0.6 is 0 Å². The molecule has 1 aliphatic heterocycles. The maximum absolute atomic E-state index is 5.59. The van der Waals surface area contributed by atoms with Crippen LogP contribution in [0, 0.1) is 0 Å². The van der Waals surface area contributed by atoms with Gasteiger partial charge in [-0.25, -0.2) is 15.0 Å². The molecule has 1 aromatic carbocycles. The molecule has 0 unspecified atom stereocenters. The van der Waals surface area contributed by atoms with Crippen molar-refractivity contribution in [3.63, 3.8) is 0 Å². The van der Waals surface area contributed by atoms with Crippen LogP contribution in [0.1, 0.15) is 18.1 Å². The van der Waals surface area contributed by atoms with Gasteiger partial charge in [0.15, 0.2) is 5.90 Å². The highest BCUT2D eigenvalue weighted by Gasteiger charge is 2.42. The fourth-order valence-electron chi connectivity index (χ4n) is 3.28. The van der Waals surface area contributed by atoms with Crippen LogP contribution in [-0.2, 0) is 17.6 Å². The largest absolute Gasteiger partial charge is 0.479 e. The molecular weight excluding hydrogens is 250 g/mol. The molecule has 0 bridgehead atoms. The van der Waals surface area contributed by atoms with Crippen LogP contribution < -0.4 is 0 Å². The molecule has 4 rings (SSSR count). The van der Waals surface area contributed by atoms with Crippen molar-refractivity contribution in [3.05, 3.63) is 48.0 Å². The van der Waals surface area contributed by atoms with E-state index in [1.54, 1.807) is 6.33 Å². The molecule has 2 heterocycles. The number of aliphatic imine (C=N–C) groups is 1. The fourth-order valence-corrected chi connectivity index (χ4v) is 3.28. The van der Waals surface area contributed by atoms with Gasteiger partial charge in [-0.1, -0.05) is 18.2 Å². The monoisotopic (exact) mass is 265 g/mol. The first kappa shape index (κ1) is 11.6. The number of hydrogen-bond donors (Lipinski definition) is 0. The van der Waals surface area contributed by atoms with Crippen molar-refractivity contribution < 1.29 is 4.74 Å². The van der Waals surface area contributed by atoms with Crippen molar-refractivity contribution in [2.45, 2.75) is 25.3 Å². The van der Waals surface area contributed by atoms with Gasteiger partial charge in [-0.3, -0.25) is 0 Å². The number of aromatic nitrogens is 2. The first-order valence-electron chi connectivity index (χ1n) is 6.81. The van der Waals surface area contributed by atoms with E-state index >= 15 is 0 Å². The average molecular weight is 265 g/mol. The third kappa shape index (κ3) is 1.72. The van der Waals surface area contributed by atoms with Gasteiger partial charge in [0.05, 0.1) is 0 Å². The molecule has 1 spiro atoms. The Balaban J connectivity index is 1.80. The minimum absolute atomic E-state index is 0.0852. The van der Waals surface area contributed by atoms with Gasteiger partial charge in [-0.15, -0.1) is 0 Å². The first-order chi connectivity index (χ1) is 9.76. The molecule has 0 saturated heterocycles. The summed E-state index contributed by atoms with van der Waals surface area (Å²) in [5, 5.41) is 0. The molecule has 4 nitrogen and oxygen atoms in total. The number of nitrogens with zero attached hydrogens (tertiary/aromatic N) is 3. The average Bonchev–Trinajstić information content (AvgIpc) is 3.01. The zero-order valence-corrected chi connectivity index (χ0v) is 11.3. The lowest BCUT2D eigenvalue weighted by Crippen LogP contribution is -2.28. The molecule has 4 heteroatoms. The summed E-state index contributed by atoms with van der Waals surface area (Å²) in [5.74, 6) is 0.808. The van der Waals surface area contributed by atoms with E-state index in [1.807, 2.05) is 19.3 Å². The Hall–Kier alpha value is -2.23. The van der Waals surface area contributed by atoms with E-state index in [-0.39, 0.29) is 5.54 Å². The van der Waals surface area contributed by atoms with Crippen molar-refractivity contribution >= 4 is 5.90 Å². The maximum atomic E-state index is 5.59. The molecule has 0 fully saturated rings. The SMILES string of the molecule is CC1=N[C@@]2(CO1)Cc1cccc(-c3cncnc3)c1C2. The van der Waals surface area contributed by atoms with Gasteiger partial charge in [-0.05, 0) is 16.7 Å². The molecule has 0 N–H and O–H groups in total. The van der Waals surface area contributed by atoms with Crippen molar-refractivity contribution in [1.29, 1.82) is 0 Å². The molecule has 1 atom stereocenters. The number of fused-ring (bicyclic) bond motifs is 1. The Morgan fingerprint density at radius 2 is 2.00 bits per heavy atom. The summed E-state index contributed by atoms with van der Waals surface area (Å²) >= 11 is 0. The summed E-state index contributed by atoms with van der Waals surface area (Å²) < 4.78 is 5.59. The third-order valence-electron chi connectivity index (χ3n) is 4.11. The first-order valence-corrected chi connectivity index (χ1v) is 6.81. The second kappa shape index (κ2) is 4.13. The quantitative estimate of drug-likeness (QED) is 0.795. The molecule has 1 aromatic heterocycles. The van der Waals surface area contributed by atoms with Crippen molar-refractivity contribution in [2.75, 3.05) is 6.61 Å². The van der Waals surface area contributed by atoms with Gasteiger partial charge in [-0.2, -0.15) is 0 Å². The van der Waals surface area contributed by atoms with Crippen LogP contribution in [-0.4, -0.2) is 28.0 Å². The van der Waals surface area contributed by atoms with Crippen LogP contribution in [0.4, 0.5) is 0 Å². The van der Waals surface area contributed by atoms with Crippen LogP contribution in [0.25, 0.3) is 11.1 Å². The van der Waals surface area contributed by atoms with Crippen LogP contribution in [0.15, 0.2) is 41.9 Å². The number of hydrogen-bond acceptors (Lipinski definition) is 4. The van der Waals surface area contributed by atoms with E-state index in [9.17, 15) is 0 Å². The summed E-state index contributed by atoms with van der Waals surface area (Å²) in [6, 6.07) is 6.44. The molecule has 0 saturated carbocycles. The number of rotatable bonds is 1. The second-order valence-electron chi connectivity index (χ2n) is 5.57. The van der Waals surface area contributed by atoms with Crippen LogP contribution in [0.5, 0.6) is 0 Å². The highest BCUT2D eigenvalue weighted by atomic mass is 16.5. The van der Waals surface area contributed by atoms with Gasteiger partial charge in [0.25, 0.3) is 0 Å². The van der Waals surface area contributed by atoms with Crippen molar-refractivity contribution in [1.82, 2.24) is 9.97 Å². The molecule has 0 amide bonds. The molecule has 2 aromatic rings. The zero-order chi connectivity index (χ0) is 13.6. The summed E-state index contributed by atoms with van der Waals surface area (Å²) in [6.45, 7) is 2.63. The second-order valence-corrected chi connectivity index (χ2v) is 5.57. The zero-order valence-electron chi connectivity index (χ0n) is 11.3. The van der Waals surface area contributed by atoms with E-state index in [2.05, 4.69) is 28.2 Å². The molecule has 100 valence electrons. The lowest BCUT2D eigenvalue weighted by molar-refractivity contribution is 0.259. The van der Waals surface area contributed by atoms with Gasteiger partial charge < -0.3 is 4.74 Å². The van der Waals surface area contributed by atoms with E-state index in [0.717, 1.165) is 24.3 Å².